The summed E-state index contributed by atoms with van der Waals surface area (Å²) >= 11 is 11.9. The van der Waals surface area contributed by atoms with Gasteiger partial charge in [0.25, 0.3) is 0 Å². The quantitative estimate of drug-likeness (QED) is 0.850. The summed E-state index contributed by atoms with van der Waals surface area (Å²) in [5.41, 5.74) is 9.45. The van der Waals surface area contributed by atoms with Crippen LogP contribution in [0.4, 0.5) is 11.4 Å². The first-order valence-electron chi connectivity index (χ1n) is 5.14. The maximum absolute atomic E-state index is 5.93. The number of halogens is 2. The summed E-state index contributed by atoms with van der Waals surface area (Å²) in [4.78, 5) is 2.24. The molecular weight excluding hydrogens is 307 g/mol. The minimum Gasteiger partial charge on any atom is -0.324 e. The van der Waals surface area contributed by atoms with Crippen molar-refractivity contribution in [2.75, 3.05) is 0 Å². The van der Waals surface area contributed by atoms with Gasteiger partial charge in [-0.3, -0.25) is 0 Å². The van der Waals surface area contributed by atoms with Crippen LogP contribution in [0.2, 0.25) is 10.0 Å². The number of quaternary nitrogens is 2. The van der Waals surface area contributed by atoms with Gasteiger partial charge in [0, 0.05) is 21.9 Å². The van der Waals surface area contributed by atoms with Crippen LogP contribution in [-0.2, 0) is 0 Å². The lowest BCUT2D eigenvalue weighted by Crippen LogP contribution is -2.40. The number of hydrogen-bond acceptors (Lipinski definition) is 2. The third-order valence-electron chi connectivity index (χ3n) is 2.27. The third-order valence-corrected chi connectivity index (χ3v) is 5.39. The molecule has 2 aromatic rings. The van der Waals surface area contributed by atoms with Crippen LogP contribution < -0.4 is 11.5 Å². The molecule has 0 bridgehead atoms. The van der Waals surface area contributed by atoms with E-state index in [2.05, 4.69) is 11.5 Å². The van der Waals surface area contributed by atoms with Gasteiger partial charge in [-0.1, -0.05) is 44.8 Å². The van der Waals surface area contributed by atoms with E-state index in [1.165, 1.54) is 0 Å². The van der Waals surface area contributed by atoms with Crippen molar-refractivity contribution in [2.45, 2.75) is 9.79 Å². The lowest BCUT2D eigenvalue weighted by Gasteiger charge is -2.03. The molecule has 94 valence electrons. The molecule has 18 heavy (non-hydrogen) atoms. The summed E-state index contributed by atoms with van der Waals surface area (Å²) in [5, 5.41) is 1.38. The molecule has 2 rings (SSSR count). The second-order valence-electron chi connectivity index (χ2n) is 3.67. The van der Waals surface area contributed by atoms with Crippen molar-refractivity contribution < 1.29 is 11.5 Å². The van der Waals surface area contributed by atoms with Crippen molar-refractivity contribution in [3.63, 3.8) is 0 Å². The second kappa shape index (κ2) is 6.19. The molecule has 0 aromatic heterocycles. The van der Waals surface area contributed by atoms with E-state index in [-0.39, 0.29) is 0 Å². The molecule has 0 aliphatic carbocycles. The summed E-state index contributed by atoms with van der Waals surface area (Å²) < 4.78 is 0. The van der Waals surface area contributed by atoms with E-state index < -0.39 is 0 Å². The van der Waals surface area contributed by atoms with E-state index in [1.54, 1.807) is 21.6 Å². The topological polar surface area (TPSA) is 55.3 Å². The van der Waals surface area contributed by atoms with Gasteiger partial charge in [0.15, 0.2) is 0 Å². The fourth-order valence-electron chi connectivity index (χ4n) is 1.30. The number of rotatable bonds is 3. The highest BCUT2D eigenvalue weighted by molar-refractivity contribution is 8.76. The summed E-state index contributed by atoms with van der Waals surface area (Å²) in [6.07, 6.45) is 0. The molecule has 0 unspecified atom stereocenters. The van der Waals surface area contributed by atoms with Gasteiger partial charge >= 0.3 is 0 Å². The van der Waals surface area contributed by atoms with E-state index in [0.717, 1.165) is 21.2 Å². The smallest absolute Gasteiger partial charge is 0.147 e. The van der Waals surface area contributed by atoms with Gasteiger partial charge in [0.2, 0.25) is 0 Å². The van der Waals surface area contributed by atoms with Gasteiger partial charge in [0.1, 0.15) is 21.4 Å². The molecule has 6 heteroatoms. The van der Waals surface area contributed by atoms with Crippen LogP contribution in [0.25, 0.3) is 0 Å². The zero-order valence-electron chi connectivity index (χ0n) is 9.45. The molecule has 0 radical (unpaired) electrons. The van der Waals surface area contributed by atoms with Gasteiger partial charge < -0.3 is 11.5 Å². The summed E-state index contributed by atoms with van der Waals surface area (Å²) in [6.45, 7) is 0. The summed E-state index contributed by atoms with van der Waals surface area (Å²) in [6, 6.07) is 11.6. The lowest BCUT2D eigenvalue weighted by atomic mass is 10.3. The first-order chi connectivity index (χ1) is 8.56. The van der Waals surface area contributed by atoms with Crippen LogP contribution in [0.15, 0.2) is 46.2 Å². The van der Waals surface area contributed by atoms with E-state index in [0.29, 0.717) is 10.0 Å². The molecule has 0 heterocycles. The van der Waals surface area contributed by atoms with Gasteiger partial charge in [0.05, 0.1) is 0 Å². The van der Waals surface area contributed by atoms with Crippen molar-refractivity contribution in [3.05, 3.63) is 46.4 Å². The van der Waals surface area contributed by atoms with Gasteiger partial charge in [-0.15, -0.1) is 0 Å². The Hall–Kier alpha value is -0.360. The van der Waals surface area contributed by atoms with Gasteiger partial charge in [-0.25, -0.2) is 0 Å². The fraction of sp³-hybridized carbons (Fsp3) is 0. The molecular formula is C12H12Cl2N2S2+2. The zero-order valence-corrected chi connectivity index (χ0v) is 12.6. The summed E-state index contributed by atoms with van der Waals surface area (Å²) in [5.74, 6) is 0. The molecule has 2 aromatic carbocycles. The van der Waals surface area contributed by atoms with Crippen LogP contribution in [0.1, 0.15) is 0 Å². The SMILES string of the molecule is [NH3+]c1cc(SSc2ccc(Cl)c([NH3+])c2)ccc1Cl. The fourth-order valence-corrected chi connectivity index (χ4v) is 3.56. The molecule has 0 atom stereocenters. The van der Waals surface area contributed by atoms with Crippen molar-refractivity contribution in [2.24, 2.45) is 0 Å². The van der Waals surface area contributed by atoms with Crippen LogP contribution >= 0.6 is 44.8 Å². The Labute approximate surface area is 123 Å². The van der Waals surface area contributed by atoms with Gasteiger partial charge in [-0.05, 0) is 24.3 Å². The van der Waals surface area contributed by atoms with Crippen molar-refractivity contribution in [1.29, 1.82) is 0 Å². The Morgan fingerprint density at radius 3 is 1.44 bits per heavy atom. The average Bonchev–Trinajstić information content (AvgIpc) is 2.35. The molecule has 0 fully saturated rings. The zero-order chi connectivity index (χ0) is 13.1. The minimum atomic E-state index is 0.691. The predicted molar refractivity (Wildman–Crippen MR) is 79.7 cm³/mol. The maximum atomic E-state index is 5.93. The van der Waals surface area contributed by atoms with Crippen molar-refractivity contribution in [3.8, 4) is 0 Å². The molecule has 0 spiro atoms. The molecule has 0 aliphatic heterocycles. The van der Waals surface area contributed by atoms with Crippen LogP contribution in [0.3, 0.4) is 0 Å². The van der Waals surface area contributed by atoms with Crippen LogP contribution in [-0.4, -0.2) is 0 Å². The van der Waals surface area contributed by atoms with E-state index in [9.17, 15) is 0 Å². The molecule has 0 saturated carbocycles. The highest BCUT2D eigenvalue weighted by atomic mass is 35.5. The van der Waals surface area contributed by atoms with Gasteiger partial charge in [-0.2, -0.15) is 0 Å². The third kappa shape index (κ3) is 3.57. The molecule has 0 amide bonds. The molecule has 2 nitrogen and oxygen atoms in total. The Morgan fingerprint density at radius 2 is 1.11 bits per heavy atom. The number of benzene rings is 2. The molecule has 0 aliphatic rings. The first kappa shape index (κ1) is 14.1. The minimum absolute atomic E-state index is 0.691. The Bertz CT molecular complexity index is 524. The highest BCUT2D eigenvalue weighted by Gasteiger charge is 2.05. The van der Waals surface area contributed by atoms with E-state index in [1.807, 2.05) is 36.4 Å². The monoisotopic (exact) mass is 318 g/mol. The normalized spacial score (nSPS) is 10.7. The first-order valence-corrected chi connectivity index (χ1v) is 8.04. The molecule has 6 N–H and O–H groups in total. The predicted octanol–water partition coefficient (Wildman–Crippen LogP) is 3.54. The highest BCUT2D eigenvalue weighted by Crippen LogP contribution is 2.39. The van der Waals surface area contributed by atoms with E-state index in [4.69, 9.17) is 23.2 Å². The Balaban J connectivity index is 2.06. The van der Waals surface area contributed by atoms with E-state index >= 15 is 0 Å². The standard InChI is InChI=1S/C12H10Cl2N2S2/c13-9-3-1-7(5-11(9)15)17-18-8-2-4-10(14)12(16)6-8/h1-6H,15-16H2/p+2. The van der Waals surface area contributed by atoms with Crippen LogP contribution in [0.5, 0.6) is 0 Å². The second-order valence-corrected chi connectivity index (χ2v) is 6.76. The number of hydrogen-bond donors (Lipinski definition) is 2. The summed E-state index contributed by atoms with van der Waals surface area (Å²) in [7, 11) is 3.32. The largest absolute Gasteiger partial charge is 0.324 e. The molecule has 0 saturated heterocycles. The maximum Gasteiger partial charge on any atom is 0.147 e. The Kier molecular flexibility index (Phi) is 4.84. The lowest BCUT2D eigenvalue weighted by molar-refractivity contribution is -0.255. The van der Waals surface area contributed by atoms with Crippen molar-refractivity contribution >= 4 is 56.2 Å². The van der Waals surface area contributed by atoms with Crippen molar-refractivity contribution in [1.82, 2.24) is 0 Å². The average molecular weight is 319 g/mol. The Morgan fingerprint density at radius 1 is 0.722 bits per heavy atom. The van der Waals surface area contributed by atoms with Crippen LogP contribution in [0, 0.1) is 0 Å².